The molecule has 1 unspecified atom stereocenters. The van der Waals surface area contributed by atoms with Crippen molar-refractivity contribution in [2.45, 2.75) is 108 Å². The quantitative estimate of drug-likeness (QED) is 0.366. The molecule has 5 fully saturated rings. The zero-order valence-corrected chi connectivity index (χ0v) is 22.2. The maximum Gasteiger partial charge on any atom is 0.335 e. The summed E-state index contributed by atoms with van der Waals surface area (Å²) in [6.07, 6.45) is 0.709. The van der Waals surface area contributed by atoms with E-state index in [9.17, 15) is 34.8 Å². The van der Waals surface area contributed by atoms with Crippen molar-refractivity contribution in [1.82, 2.24) is 0 Å². The van der Waals surface area contributed by atoms with Gasteiger partial charge in [0.1, 0.15) is 31.0 Å². The van der Waals surface area contributed by atoms with Gasteiger partial charge in [0.25, 0.3) is 0 Å². The number of hydrogen-bond donors (Lipinski definition) is 4. The van der Waals surface area contributed by atoms with E-state index in [2.05, 4.69) is 6.92 Å². The Hall–Kier alpha value is -1.59. The number of rotatable bonds is 6. The van der Waals surface area contributed by atoms with E-state index in [0.717, 1.165) is 57.8 Å². The minimum absolute atomic E-state index is 0.0504. The van der Waals surface area contributed by atoms with Crippen molar-refractivity contribution >= 4 is 17.7 Å². The lowest BCUT2D eigenvalue weighted by Gasteiger charge is -2.56. The molecule has 10 heteroatoms. The Morgan fingerprint density at radius 3 is 2.34 bits per heavy atom. The predicted molar refractivity (Wildman–Crippen MR) is 131 cm³/mol. The molecule has 0 radical (unpaired) electrons. The Balaban J connectivity index is 1.20. The Morgan fingerprint density at radius 2 is 1.63 bits per heavy atom. The molecule has 0 aromatic rings. The van der Waals surface area contributed by atoms with E-state index in [1.165, 1.54) is 6.92 Å². The molecule has 38 heavy (non-hydrogen) atoms. The number of Topliss-reactive ketones (excluding diaryl/α,β-unsaturated/α-hetero) is 1. The second-order valence-corrected chi connectivity index (χ2v) is 12.7. The van der Waals surface area contributed by atoms with Crippen molar-refractivity contribution < 1.29 is 49.0 Å². The van der Waals surface area contributed by atoms with Crippen LogP contribution in [0, 0.1) is 40.9 Å². The van der Waals surface area contributed by atoms with Crippen LogP contribution in [-0.2, 0) is 28.6 Å². The van der Waals surface area contributed by atoms with Crippen molar-refractivity contribution in [3.8, 4) is 0 Å². The number of carbonyl (C=O) groups excluding carboxylic acids is 2. The molecule has 10 nitrogen and oxygen atoms in total. The first-order chi connectivity index (χ1) is 18.0. The first-order valence-electron chi connectivity index (χ1n) is 14.2. The molecule has 5 aliphatic rings. The molecular formula is C28H42O10. The lowest BCUT2D eigenvalue weighted by molar-refractivity contribution is -0.292. The normalized spacial score (nSPS) is 48.3. The van der Waals surface area contributed by atoms with Crippen molar-refractivity contribution in [2.75, 3.05) is 6.61 Å². The largest absolute Gasteiger partial charge is 0.479 e. The van der Waals surface area contributed by atoms with Gasteiger partial charge in [0.05, 0.1) is 0 Å². The summed E-state index contributed by atoms with van der Waals surface area (Å²) >= 11 is 0. The lowest BCUT2D eigenvalue weighted by atomic mass is 9.49. The molecule has 0 spiro atoms. The maximum absolute atomic E-state index is 13.4. The van der Waals surface area contributed by atoms with Crippen LogP contribution in [0.4, 0.5) is 0 Å². The molecule has 1 aliphatic heterocycles. The highest BCUT2D eigenvalue weighted by atomic mass is 16.7. The Morgan fingerprint density at radius 1 is 0.895 bits per heavy atom. The molecule has 0 aromatic carbocycles. The minimum atomic E-state index is -1.80. The van der Waals surface area contributed by atoms with E-state index in [-0.39, 0.29) is 35.8 Å². The molecule has 5 rings (SSSR count). The van der Waals surface area contributed by atoms with Gasteiger partial charge in [-0.3, -0.25) is 9.59 Å². The van der Waals surface area contributed by atoms with E-state index in [0.29, 0.717) is 29.6 Å². The fourth-order valence-electron chi connectivity index (χ4n) is 9.14. The summed E-state index contributed by atoms with van der Waals surface area (Å²) in [4.78, 5) is 36.2. The summed E-state index contributed by atoms with van der Waals surface area (Å²) < 4.78 is 16.2. The second-order valence-electron chi connectivity index (χ2n) is 12.7. The van der Waals surface area contributed by atoms with Crippen molar-refractivity contribution in [1.29, 1.82) is 0 Å². The number of carboxylic acid groups (broad SMARTS) is 1. The number of fused-ring (bicyclic) bond motifs is 5. The zero-order valence-electron chi connectivity index (χ0n) is 22.2. The van der Waals surface area contributed by atoms with E-state index < -0.39 is 36.7 Å². The highest BCUT2D eigenvalue weighted by Gasteiger charge is 2.58. The summed E-state index contributed by atoms with van der Waals surface area (Å²) in [6.45, 7) is 3.37. The van der Waals surface area contributed by atoms with Crippen LogP contribution < -0.4 is 0 Å². The summed E-state index contributed by atoms with van der Waals surface area (Å²) in [7, 11) is 0. The topological polar surface area (TPSA) is 160 Å². The Kier molecular flexibility index (Phi) is 7.92. The summed E-state index contributed by atoms with van der Waals surface area (Å²) in [5, 5.41) is 39.3. The fraction of sp³-hybridized carbons (Fsp3) is 0.893. The Bertz CT molecular complexity index is 923. The number of aliphatic hydroxyl groups excluding tert-OH is 3. The van der Waals surface area contributed by atoms with Gasteiger partial charge in [-0.25, -0.2) is 4.79 Å². The van der Waals surface area contributed by atoms with Gasteiger partial charge in [0.2, 0.25) is 0 Å². The van der Waals surface area contributed by atoms with E-state index in [4.69, 9.17) is 14.2 Å². The van der Waals surface area contributed by atoms with Gasteiger partial charge in [-0.05, 0) is 92.8 Å². The van der Waals surface area contributed by atoms with Crippen LogP contribution in [-0.4, -0.2) is 81.6 Å². The summed E-state index contributed by atoms with van der Waals surface area (Å²) in [5.74, 6) is 1.03. The molecule has 1 heterocycles. The number of aliphatic carboxylic acids is 1. The van der Waals surface area contributed by atoms with Crippen LogP contribution in [0.3, 0.4) is 0 Å². The molecule has 0 aromatic heterocycles. The summed E-state index contributed by atoms with van der Waals surface area (Å²) in [6, 6.07) is 0. The zero-order chi connectivity index (χ0) is 27.4. The predicted octanol–water partition coefficient (Wildman–Crippen LogP) is 1.66. The van der Waals surface area contributed by atoms with Gasteiger partial charge in [-0.2, -0.15) is 0 Å². The van der Waals surface area contributed by atoms with Crippen LogP contribution in [0.1, 0.15) is 71.6 Å². The summed E-state index contributed by atoms with van der Waals surface area (Å²) in [5.41, 5.74) is -0.130. The van der Waals surface area contributed by atoms with Gasteiger partial charge in [-0.1, -0.05) is 6.92 Å². The molecule has 4 aliphatic carbocycles. The molecule has 4 saturated carbocycles. The second kappa shape index (κ2) is 10.8. The van der Waals surface area contributed by atoms with Crippen LogP contribution in [0.2, 0.25) is 0 Å². The number of hydrogen-bond acceptors (Lipinski definition) is 9. The average molecular weight is 539 g/mol. The first-order valence-corrected chi connectivity index (χ1v) is 14.2. The first kappa shape index (κ1) is 28.0. The molecule has 214 valence electrons. The smallest absolute Gasteiger partial charge is 0.335 e. The number of ketones is 1. The van der Waals surface area contributed by atoms with Crippen molar-refractivity contribution in [3.05, 3.63) is 0 Å². The number of esters is 1. The van der Waals surface area contributed by atoms with E-state index in [1.54, 1.807) is 0 Å². The highest BCUT2D eigenvalue weighted by Crippen LogP contribution is 2.64. The maximum atomic E-state index is 13.4. The SMILES string of the molecule is CC(=O)O[C@H]1CC[C@H]2[C@@H](CC[C@@H]3[C@@H]2CC[C@]2(C)[C@@H](C(=O)COC4O[C@H](C(=O)O)[C@@H](O)[C@H](O)[C@H]4O)CC[C@@H]32)C1. The van der Waals surface area contributed by atoms with Crippen LogP contribution in [0.25, 0.3) is 0 Å². The van der Waals surface area contributed by atoms with Crippen molar-refractivity contribution in [2.24, 2.45) is 40.9 Å². The fourth-order valence-corrected chi connectivity index (χ4v) is 9.14. The standard InChI is InChI=1S/C28H42O10/c1-13(29)37-15-4-6-16-14(11-15)3-5-18-17(16)9-10-28(2)19(18)7-8-20(28)21(30)12-36-27-24(33)22(31)23(32)25(38-27)26(34)35/h14-20,22-25,27,31-33H,3-12H2,1-2H3,(H,34,35)/t14-,15-,16-,17+,18+,19-,20+,22-,23-,24+,25-,27?,28-/m0/s1. The van der Waals surface area contributed by atoms with Crippen LogP contribution in [0.5, 0.6) is 0 Å². The Labute approximate surface area is 223 Å². The van der Waals surface area contributed by atoms with Gasteiger partial charge in [-0.15, -0.1) is 0 Å². The average Bonchev–Trinajstić information content (AvgIpc) is 3.23. The third kappa shape index (κ3) is 4.91. The third-order valence-electron chi connectivity index (χ3n) is 10.8. The third-order valence-corrected chi connectivity index (χ3v) is 10.8. The van der Waals surface area contributed by atoms with E-state index >= 15 is 0 Å². The lowest BCUT2D eigenvalue weighted by Crippen LogP contribution is -2.60. The molecule has 0 bridgehead atoms. The van der Waals surface area contributed by atoms with Gasteiger partial charge >= 0.3 is 11.9 Å². The van der Waals surface area contributed by atoms with E-state index in [1.807, 2.05) is 0 Å². The van der Waals surface area contributed by atoms with Crippen LogP contribution in [0.15, 0.2) is 0 Å². The molecule has 1 saturated heterocycles. The highest BCUT2D eigenvalue weighted by molar-refractivity contribution is 5.83. The number of ether oxygens (including phenoxy) is 3. The van der Waals surface area contributed by atoms with Crippen LogP contribution >= 0.6 is 0 Å². The van der Waals surface area contributed by atoms with Crippen molar-refractivity contribution in [3.63, 3.8) is 0 Å². The van der Waals surface area contributed by atoms with Gasteiger partial charge in [0.15, 0.2) is 18.2 Å². The molecular weight excluding hydrogens is 496 g/mol. The minimum Gasteiger partial charge on any atom is -0.479 e. The van der Waals surface area contributed by atoms with Gasteiger partial charge in [0, 0.05) is 12.8 Å². The molecule has 4 N–H and O–H groups in total. The number of carboxylic acids is 1. The number of aliphatic hydroxyl groups is 3. The monoisotopic (exact) mass is 538 g/mol. The number of carbonyl (C=O) groups is 3. The molecule has 13 atom stereocenters. The van der Waals surface area contributed by atoms with Gasteiger partial charge < -0.3 is 34.6 Å². The molecule has 0 amide bonds.